The standard InChI is InChI=1S/C19H15F4NO5S/c1-11(28-17-6-5-13(20)10-24-17)30(26,27)15-4-2-3-12(7-15)16-8-14(29-18(16)25)9-19(21,22)23/h2-8,10-11,14H,9H2,1H3/t11-,14?/m1/s1. The first kappa shape index (κ1) is 21.8. The van der Waals surface area contributed by atoms with Crippen LogP contribution in [0.5, 0.6) is 5.88 Å². The maximum absolute atomic E-state index is 12.9. The van der Waals surface area contributed by atoms with Gasteiger partial charge >= 0.3 is 12.1 Å². The van der Waals surface area contributed by atoms with E-state index in [0.717, 1.165) is 30.5 Å². The van der Waals surface area contributed by atoms with Crippen molar-refractivity contribution < 1.29 is 40.2 Å². The highest BCUT2D eigenvalue weighted by Gasteiger charge is 2.37. The maximum atomic E-state index is 12.9. The van der Waals surface area contributed by atoms with Crippen LogP contribution in [-0.2, 0) is 19.4 Å². The summed E-state index contributed by atoms with van der Waals surface area (Å²) >= 11 is 0. The number of nitrogens with zero attached hydrogens (tertiary/aromatic N) is 1. The van der Waals surface area contributed by atoms with Crippen molar-refractivity contribution in [3.05, 3.63) is 60.1 Å². The van der Waals surface area contributed by atoms with Crippen LogP contribution in [0.15, 0.2) is 53.6 Å². The Morgan fingerprint density at radius 1 is 1.23 bits per heavy atom. The molecule has 0 spiro atoms. The molecular weight excluding hydrogens is 430 g/mol. The number of hydrogen-bond acceptors (Lipinski definition) is 6. The number of hydrogen-bond donors (Lipinski definition) is 0. The molecule has 0 radical (unpaired) electrons. The van der Waals surface area contributed by atoms with Crippen molar-refractivity contribution in [2.45, 2.75) is 36.0 Å². The van der Waals surface area contributed by atoms with Crippen molar-refractivity contribution in [2.75, 3.05) is 0 Å². The zero-order valence-corrected chi connectivity index (χ0v) is 16.2. The van der Waals surface area contributed by atoms with Gasteiger partial charge in [-0.15, -0.1) is 0 Å². The lowest BCUT2D eigenvalue weighted by atomic mass is 10.1. The fourth-order valence-electron chi connectivity index (χ4n) is 2.73. The fourth-order valence-corrected chi connectivity index (χ4v) is 3.90. The smallest absolute Gasteiger partial charge is 0.392 e. The largest absolute Gasteiger partial charge is 0.458 e. The molecule has 160 valence electrons. The fraction of sp³-hybridized carbons (Fsp3) is 0.263. The molecule has 0 saturated heterocycles. The van der Waals surface area contributed by atoms with Gasteiger partial charge in [0, 0.05) is 6.07 Å². The third-order valence-electron chi connectivity index (χ3n) is 4.16. The van der Waals surface area contributed by atoms with Crippen molar-refractivity contribution in [3.63, 3.8) is 0 Å². The number of esters is 1. The van der Waals surface area contributed by atoms with E-state index in [9.17, 15) is 30.8 Å². The van der Waals surface area contributed by atoms with Gasteiger partial charge in [0.05, 0.1) is 23.1 Å². The highest BCUT2D eigenvalue weighted by atomic mass is 32.2. The summed E-state index contributed by atoms with van der Waals surface area (Å²) < 4.78 is 86.1. The Hall–Kier alpha value is -2.95. The SMILES string of the molecule is C[C@H](Oc1ccc(F)cn1)S(=O)(=O)c1cccc(C2=CC(CC(F)(F)F)OC2=O)c1. The second-order valence-corrected chi connectivity index (χ2v) is 8.64. The number of halogens is 4. The lowest BCUT2D eigenvalue weighted by Gasteiger charge is -2.15. The Morgan fingerprint density at radius 3 is 2.60 bits per heavy atom. The second-order valence-electron chi connectivity index (χ2n) is 6.42. The van der Waals surface area contributed by atoms with Crippen molar-refractivity contribution in [3.8, 4) is 5.88 Å². The molecule has 1 aliphatic rings. The van der Waals surface area contributed by atoms with Crippen LogP contribution in [0.1, 0.15) is 18.9 Å². The van der Waals surface area contributed by atoms with Gasteiger partial charge in [0.25, 0.3) is 0 Å². The predicted molar refractivity (Wildman–Crippen MR) is 96.4 cm³/mol. The van der Waals surface area contributed by atoms with Crippen molar-refractivity contribution in [1.29, 1.82) is 0 Å². The number of benzene rings is 1. The van der Waals surface area contributed by atoms with Gasteiger partial charge in [-0.2, -0.15) is 13.2 Å². The molecule has 1 unspecified atom stereocenters. The van der Waals surface area contributed by atoms with Crippen molar-refractivity contribution >= 4 is 21.4 Å². The molecule has 2 atom stereocenters. The highest BCUT2D eigenvalue weighted by Crippen LogP contribution is 2.32. The number of alkyl halides is 3. The highest BCUT2D eigenvalue weighted by molar-refractivity contribution is 7.91. The van der Waals surface area contributed by atoms with E-state index in [1.54, 1.807) is 0 Å². The van der Waals surface area contributed by atoms with Gasteiger partial charge in [-0.1, -0.05) is 12.1 Å². The summed E-state index contributed by atoms with van der Waals surface area (Å²) in [7, 11) is -4.07. The summed E-state index contributed by atoms with van der Waals surface area (Å²) in [5.41, 5.74) is -1.47. The molecule has 0 saturated carbocycles. The molecule has 6 nitrogen and oxygen atoms in total. The van der Waals surface area contributed by atoms with Gasteiger partial charge < -0.3 is 9.47 Å². The zero-order chi connectivity index (χ0) is 22.1. The van der Waals surface area contributed by atoms with Crippen LogP contribution in [0, 0.1) is 5.82 Å². The predicted octanol–water partition coefficient (Wildman–Crippen LogP) is 3.68. The van der Waals surface area contributed by atoms with Gasteiger partial charge in [0.15, 0.2) is 0 Å². The van der Waals surface area contributed by atoms with E-state index in [2.05, 4.69) is 4.98 Å². The summed E-state index contributed by atoms with van der Waals surface area (Å²) in [5.74, 6) is -1.70. The number of carbonyl (C=O) groups is 1. The minimum atomic E-state index is -4.52. The minimum absolute atomic E-state index is 0.0952. The summed E-state index contributed by atoms with van der Waals surface area (Å²) in [5, 5.41) is 0. The Balaban J connectivity index is 1.84. The zero-order valence-electron chi connectivity index (χ0n) is 15.4. The molecular formula is C19H15F4NO5S. The molecule has 2 heterocycles. The number of rotatable bonds is 6. The van der Waals surface area contributed by atoms with Crippen molar-refractivity contribution in [1.82, 2.24) is 4.98 Å². The topological polar surface area (TPSA) is 82.6 Å². The van der Waals surface area contributed by atoms with Crippen LogP contribution in [0.4, 0.5) is 17.6 Å². The summed E-state index contributed by atoms with van der Waals surface area (Å²) in [6.45, 7) is 1.25. The average molecular weight is 445 g/mol. The van der Waals surface area contributed by atoms with Gasteiger partial charge in [0.1, 0.15) is 11.9 Å². The van der Waals surface area contributed by atoms with E-state index in [1.807, 2.05) is 0 Å². The summed E-state index contributed by atoms with van der Waals surface area (Å²) in [4.78, 5) is 15.4. The second kappa shape index (κ2) is 8.05. The lowest BCUT2D eigenvalue weighted by Crippen LogP contribution is -2.24. The third kappa shape index (κ3) is 4.96. The van der Waals surface area contributed by atoms with Gasteiger partial charge in [0.2, 0.25) is 21.2 Å². The average Bonchev–Trinajstić information content (AvgIpc) is 3.02. The maximum Gasteiger partial charge on any atom is 0.392 e. The molecule has 0 N–H and O–H groups in total. The Bertz CT molecular complexity index is 1080. The van der Waals surface area contributed by atoms with Crippen LogP contribution in [0.2, 0.25) is 0 Å². The Labute approximate surface area is 169 Å². The molecule has 1 aromatic heterocycles. The number of carbonyl (C=O) groups excluding carboxylic acids is 1. The Morgan fingerprint density at radius 2 is 1.97 bits per heavy atom. The van der Waals surface area contributed by atoms with Gasteiger partial charge in [-0.05, 0) is 36.8 Å². The molecule has 30 heavy (non-hydrogen) atoms. The first-order valence-corrected chi connectivity index (χ1v) is 10.1. The third-order valence-corrected chi connectivity index (χ3v) is 6.04. The monoisotopic (exact) mass is 445 g/mol. The quantitative estimate of drug-likeness (QED) is 0.498. The van der Waals surface area contributed by atoms with E-state index in [4.69, 9.17) is 9.47 Å². The van der Waals surface area contributed by atoms with Crippen LogP contribution >= 0.6 is 0 Å². The van der Waals surface area contributed by atoms with Gasteiger partial charge in [-0.3, -0.25) is 0 Å². The molecule has 3 rings (SSSR count). The number of ether oxygens (including phenoxy) is 2. The van der Waals surface area contributed by atoms with E-state index in [-0.39, 0.29) is 21.9 Å². The van der Waals surface area contributed by atoms with Crippen LogP contribution in [0.3, 0.4) is 0 Å². The summed E-state index contributed by atoms with van der Waals surface area (Å²) in [6, 6.07) is 7.35. The molecule has 0 fully saturated rings. The van der Waals surface area contributed by atoms with E-state index in [1.165, 1.54) is 25.1 Å². The lowest BCUT2D eigenvalue weighted by molar-refractivity contribution is -0.160. The first-order valence-electron chi connectivity index (χ1n) is 8.58. The molecule has 1 aliphatic heterocycles. The molecule has 1 aromatic carbocycles. The van der Waals surface area contributed by atoms with Crippen LogP contribution in [-0.4, -0.2) is 37.1 Å². The molecule has 0 bridgehead atoms. The van der Waals surface area contributed by atoms with Crippen LogP contribution < -0.4 is 4.74 Å². The number of sulfone groups is 1. The normalized spacial score (nSPS) is 18.0. The molecule has 0 aliphatic carbocycles. The van der Waals surface area contributed by atoms with Crippen LogP contribution in [0.25, 0.3) is 5.57 Å². The Kier molecular flexibility index (Phi) is 5.84. The molecule has 0 amide bonds. The summed E-state index contributed by atoms with van der Waals surface area (Å²) in [6.07, 6.45) is -5.45. The minimum Gasteiger partial charge on any atom is -0.458 e. The van der Waals surface area contributed by atoms with E-state index in [0.29, 0.717) is 0 Å². The number of cyclic esters (lactones) is 1. The van der Waals surface area contributed by atoms with Gasteiger partial charge in [-0.25, -0.2) is 22.6 Å². The first-order chi connectivity index (χ1) is 14.0. The number of aromatic nitrogens is 1. The van der Waals surface area contributed by atoms with E-state index >= 15 is 0 Å². The number of pyridine rings is 1. The van der Waals surface area contributed by atoms with E-state index < -0.39 is 45.8 Å². The van der Waals surface area contributed by atoms with Crippen molar-refractivity contribution in [2.24, 2.45) is 0 Å². The molecule has 2 aromatic rings. The molecule has 11 heteroatoms.